The van der Waals surface area contributed by atoms with Gasteiger partial charge < -0.3 is 20.1 Å². The number of anilines is 1. The van der Waals surface area contributed by atoms with Crippen LogP contribution < -0.4 is 20.1 Å². The minimum absolute atomic E-state index is 0.00240. The van der Waals surface area contributed by atoms with Crippen molar-refractivity contribution >= 4 is 11.6 Å². The van der Waals surface area contributed by atoms with E-state index in [1.165, 1.54) is 6.20 Å². The van der Waals surface area contributed by atoms with E-state index in [2.05, 4.69) is 10.6 Å². The Morgan fingerprint density at radius 3 is 2.71 bits per heavy atom. The van der Waals surface area contributed by atoms with Crippen molar-refractivity contribution in [2.24, 2.45) is 0 Å². The monoisotopic (exact) mass is 287 g/mol. The molecule has 0 aromatic heterocycles. The lowest BCUT2D eigenvalue weighted by atomic mass is 10.1. The van der Waals surface area contributed by atoms with Gasteiger partial charge in [-0.1, -0.05) is 0 Å². The third kappa shape index (κ3) is 3.89. The Hall–Kier alpha value is -2.68. The molecule has 0 atom stereocenters. The van der Waals surface area contributed by atoms with E-state index < -0.39 is 11.4 Å². The number of fused-ring (bicyclic) bond motifs is 1. The molecule has 0 spiro atoms. The predicted octanol–water partition coefficient (Wildman–Crippen LogP) is 2.15. The lowest BCUT2D eigenvalue weighted by molar-refractivity contribution is -0.118. The van der Waals surface area contributed by atoms with Crippen molar-refractivity contribution < 1.29 is 14.3 Å². The van der Waals surface area contributed by atoms with Crippen molar-refractivity contribution in [1.82, 2.24) is 5.32 Å². The van der Waals surface area contributed by atoms with E-state index in [4.69, 9.17) is 14.7 Å². The largest absolute Gasteiger partial charge is 0.454 e. The zero-order valence-electron chi connectivity index (χ0n) is 12.2. The first kappa shape index (κ1) is 14.7. The van der Waals surface area contributed by atoms with Crippen molar-refractivity contribution in [1.29, 1.82) is 5.26 Å². The highest BCUT2D eigenvalue weighted by atomic mass is 16.7. The van der Waals surface area contributed by atoms with Crippen LogP contribution in [0.3, 0.4) is 0 Å². The molecule has 1 aromatic carbocycles. The van der Waals surface area contributed by atoms with Gasteiger partial charge in [0, 0.05) is 23.5 Å². The minimum Gasteiger partial charge on any atom is -0.454 e. The first-order chi connectivity index (χ1) is 9.89. The molecule has 0 unspecified atom stereocenters. The highest BCUT2D eigenvalue weighted by molar-refractivity contribution is 5.97. The summed E-state index contributed by atoms with van der Waals surface area (Å²) in [6.07, 6.45) is 1.37. The van der Waals surface area contributed by atoms with Crippen LogP contribution in [0, 0.1) is 11.3 Å². The number of carbonyl (C=O) groups is 1. The number of ether oxygens (including phenoxy) is 2. The number of hydrogen-bond acceptors (Lipinski definition) is 5. The molecule has 110 valence electrons. The molecule has 2 N–H and O–H groups in total. The molecule has 0 bridgehead atoms. The van der Waals surface area contributed by atoms with Crippen LogP contribution >= 0.6 is 0 Å². The molecule has 0 aliphatic carbocycles. The van der Waals surface area contributed by atoms with E-state index >= 15 is 0 Å². The average Bonchev–Trinajstić information content (AvgIpc) is 2.84. The maximum absolute atomic E-state index is 11.9. The molecule has 1 aliphatic heterocycles. The third-order valence-electron chi connectivity index (χ3n) is 2.61. The van der Waals surface area contributed by atoms with Crippen molar-refractivity contribution in [3.8, 4) is 17.6 Å². The summed E-state index contributed by atoms with van der Waals surface area (Å²) in [6.45, 7) is 5.76. The molecule has 2 rings (SSSR count). The standard InChI is InChI=1S/C15H17N3O3/c1-15(2,3)18-14(19)10(7-16)8-17-11-4-5-12-13(6-11)21-9-20-12/h4-6,8,17H,9H2,1-3H3,(H,18,19)/b10-8-. The number of benzene rings is 1. The molecule has 0 saturated carbocycles. The Morgan fingerprint density at radius 2 is 2.05 bits per heavy atom. The fourth-order valence-corrected chi connectivity index (χ4v) is 1.70. The molecule has 1 aromatic rings. The first-order valence-corrected chi connectivity index (χ1v) is 6.48. The fourth-order valence-electron chi connectivity index (χ4n) is 1.70. The van der Waals surface area contributed by atoms with Gasteiger partial charge in [0.25, 0.3) is 5.91 Å². The normalized spacial score (nSPS) is 13.5. The van der Waals surface area contributed by atoms with E-state index in [0.29, 0.717) is 17.2 Å². The van der Waals surface area contributed by atoms with Gasteiger partial charge in [0.05, 0.1) is 0 Å². The number of amides is 1. The predicted molar refractivity (Wildman–Crippen MR) is 77.8 cm³/mol. The van der Waals surface area contributed by atoms with Gasteiger partial charge >= 0.3 is 0 Å². The SMILES string of the molecule is CC(C)(C)NC(=O)/C(C#N)=C\Nc1ccc2c(c1)OCO2. The smallest absolute Gasteiger partial charge is 0.263 e. The van der Waals surface area contributed by atoms with Crippen molar-refractivity contribution in [3.05, 3.63) is 30.0 Å². The number of nitrogens with one attached hydrogen (secondary N) is 2. The average molecular weight is 287 g/mol. The zero-order valence-corrected chi connectivity index (χ0v) is 12.2. The van der Waals surface area contributed by atoms with Crippen molar-refractivity contribution in [2.45, 2.75) is 26.3 Å². The summed E-state index contributed by atoms with van der Waals surface area (Å²) in [4.78, 5) is 11.9. The van der Waals surface area contributed by atoms with Gasteiger partial charge in [0.15, 0.2) is 11.5 Å². The number of hydrogen-bond donors (Lipinski definition) is 2. The lowest BCUT2D eigenvalue weighted by Crippen LogP contribution is -2.41. The summed E-state index contributed by atoms with van der Waals surface area (Å²) in [5, 5.41) is 14.7. The van der Waals surface area contributed by atoms with E-state index in [1.807, 2.05) is 26.8 Å². The van der Waals surface area contributed by atoms with Crippen LogP contribution in [-0.4, -0.2) is 18.2 Å². The van der Waals surface area contributed by atoms with Gasteiger partial charge in [-0.3, -0.25) is 4.79 Å². The quantitative estimate of drug-likeness (QED) is 0.657. The molecule has 1 heterocycles. The number of nitriles is 1. The molecule has 6 heteroatoms. The maximum atomic E-state index is 11.9. The van der Waals surface area contributed by atoms with Gasteiger partial charge in [0.1, 0.15) is 11.6 Å². The van der Waals surface area contributed by atoms with Crippen LogP contribution in [0.2, 0.25) is 0 Å². The van der Waals surface area contributed by atoms with E-state index in [0.717, 1.165) is 0 Å². The summed E-state index contributed by atoms with van der Waals surface area (Å²) >= 11 is 0. The topological polar surface area (TPSA) is 83.4 Å². The molecule has 6 nitrogen and oxygen atoms in total. The van der Waals surface area contributed by atoms with Crippen LogP contribution in [0.5, 0.6) is 11.5 Å². The Labute approximate surface area is 123 Å². The Morgan fingerprint density at radius 1 is 1.33 bits per heavy atom. The van der Waals surface area contributed by atoms with E-state index in [-0.39, 0.29) is 12.4 Å². The molecule has 1 amide bonds. The molecule has 0 saturated heterocycles. The third-order valence-corrected chi connectivity index (χ3v) is 2.61. The second-order valence-electron chi connectivity index (χ2n) is 5.59. The van der Waals surface area contributed by atoms with Crippen LogP contribution in [0.25, 0.3) is 0 Å². The van der Waals surface area contributed by atoms with E-state index in [9.17, 15) is 4.79 Å². The molecule has 21 heavy (non-hydrogen) atoms. The second-order valence-corrected chi connectivity index (χ2v) is 5.59. The Kier molecular flexibility index (Phi) is 4.03. The molecule has 0 radical (unpaired) electrons. The first-order valence-electron chi connectivity index (χ1n) is 6.48. The molecular weight excluding hydrogens is 270 g/mol. The zero-order chi connectivity index (χ0) is 15.5. The lowest BCUT2D eigenvalue weighted by Gasteiger charge is -2.20. The van der Waals surface area contributed by atoms with Gasteiger partial charge in [0.2, 0.25) is 6.79 Å². The summed E-state index contributed by atoms with van der Waals surface area (Å²) in [7, 11) is 0. The summed E-state index contributed by atoms with van der Waals surface area (Å²) < 4.78 is 10.5. The maximum Gasteiger partial charge on any atom is 0.263 e. The van der Waals surface area contributed by atoms with Gasteiger partial charge in [-0.15, -0.1) is 0 Å². The second kappa shape index (κ2) is 5.75. The van der Waals surface area contributed by atoms with Crippen LogP contribution in [0.15, 0.2) is 30.0 Å². The van der Waals surface area contributed by atoms with Gasteiger partial charge in [-0.25, -0.2) is 0 Å². The van der Waals surface area contributed by atoms with Gasteiger partial charge in [-0.2, -0.15) is 5.26 Å². The molecular formula is C15H17N3O3. The number of nitrogens with zero attached hydrogens (tertiary/aromatic N) is 1. The van der Waals surface area contributed by atoms with E-state index in [1.54, 1.807) is 18.2 Å². The van der Waals surface area contributed by atoms with Gasteiger partial charge in [-0.05, 0) is 32.9 Å². The summed E-state index contributed by atoms with van der Waals surface area (Å²) in [5.41, 5.74) is 0.310. The Bertz CT molecular complexity index is 624. The molecule has 1 aliphatic rings. The van der Waals surface area contributed by atoms with Crippen LogP contribution in [0.4, 0.5) is 5.69 Å². The van der Waals surface area contributed by atoms with Crippen LogP contribution in [-0.2, 0) is 4.79 Å². The summed E-state index contributed by atoms with van der Waals surface area (Å²) in [6, 6.07) is 7.17. The number of rotatable bonds is 3. The highest BCUT2D eigenvalue weighted by Gasteiger charge is 2.17. The fraction of sp³-hybridized carbons (Fsp3) is 0.333. The number of carbonyl (C=O) groups excluding carboxylic acids is 1. The molecule has 0 fully saturated rings. The summed E-state index contributed by atoms with van der Waals surface area (Å²) in [5.74, 6) is 0.889. The van der Waals surface area contributed by atoms with Crippen LogP contribution in [0.1, 0.15) is 20.8 Å². The minimum atomic E-state index is -0.418. The van der Waals surface area contributed by atoms with Crippen molar-refractivity contribution in [3.63, 3.8) is 0 Å². The highest BCUT2D eigenvalue weighted by Crippen LogP contribution is 2.34. The van der Waals surface area contributed by atoms with Crippen molar-refractivity contribution in [2.75, 3.05) is 12.1 Å². The Balaban J connectivity index is 2.08.